The Hall–Kier alpha value is -2.47. The maximum absolute atomic E-state index is 11.7. The van der Waals surface area contributed by atoms with Gasteiger partial charge in [0.1, 0.15) is 11.8 Å². The van der Waals surface area contributed by atoms with E-state index >= 15 is 0 Å². The van der Waals surface area contributed by atoms with Crippen molar-refractivity contribution in [1.29, 1.82) is 0 Å². The monoisotopic (exact) mass is 259 g/mol. The van der Waals surface area contributed by atoms with Crippen LogP contribution < -0.4 is 10.5 Å². The Kier molecular flexibility index (Phi) is 4.04. The highest BCUT2D eigenvalue weighted by molar-refractivity contribution is 5.77. The van der Waals surface area contributed by atoms with E-state index in [-0.39, 0.29) is 11.6 Å². The Labute approximate surface area is 109 Å². The van der Waals surface area contributed by atoms with Gasteiger partial charge in [-0.1, -0.05) is 12.1 Å². The third-order valence-corrected chi connectivity index (χ3v) is 2.44. The maximum atomic E-state index is 11.7. The fraction of sp³-hybridized carbons (Fsp3) is 0.154. The second kappa shape index (κ2) is 5.92. The summed E-state index contributed by atoms with van der Waals surface area (Å²) in [5.41, 5.74) is 6.58. The quantitative estimate of drug-likeness (QED) is 0.782. The van der Waals surface area contributed by atoms with Crippen LogP contribution in [0, 0.1) is 0 Å². The molecule has 2 rings (SSSR count). The number of rotatable bonds is 4. The van der Waals surface area contributed by atoms with Gasteiger partial charge in [0, 0.05) is 12.4 Å². The Morgan fingerprint density at radius 1 is 1.32 bits per heavy atom. The first kappa shape index (κ1) is 13.0. The zero-order chi connectivity index (χ0) is 13.7. The van der Waals surface area contributed by atoms with Gasteiger partial charge in [-0.2, -0.15) is 0 Å². The van der Waals surface area contributed by atoms with Crippen molar-refractivity contribution in [2.45, 2.75) is 12.5 Å². The predicted molar refractivity (Wildman–Crippen MR) is 67.5 cm³/mol. The van der Waals surface area contributed by atoms with Gasteiger partial charge in [0.2, 0.25) is 5.88 Å². The fourth-order valence-electron chi connectivity index (χ4n) is 1.49. The Morgan fingerprint density at radius 3 is 2.68 bits per heavy atom. The highest BCUT2D eigenvalue weighted by Gasteiger charge is 2.17. The molecule has 0 spiro atoms. The van der Waals surface area contributed by atoms with Crippen molar-refractivity contribution in [1.82, 2.24) is 9.97 Å². The van der Waals surface area contributed by atoms with Crippen LogP contribution in [0.15, 0.2) is 42.9 Å². The van der Waals surface area contributed by atoms with E-state index in [4.69, 9.17) is 15.6 Å². The third-order valence-electron chi connectivity index (χ3n) is 2.44. The number of carbonyl (C=O) groups is 1. The van der Waals surface area contributed by atoms with Gasteiger partial charge in [-0.25, -0.2) is 9.78 Å². The second-order valence-corrected chi connectivity index (χ2v) is 3.94. The molecule has 0 amide bonds. The normalized spacial score (nSPS) is 11.8. The van der Waals surface area contributed by atoms with Crippen molar-refractivity contribution < 1.29 is 14.6 Å². The lowest BCUT2D eigenvalue weighted by Gasteiger charge is -2.10. The first-order valence-corrected chi connectivity index (χ1v) is 5.66. The first-order valence-electron chi connectivity index (χ1n) is 5.66. The molecule has 0 aliphatic carbocycles. The molecular formula is C13H13N3O3. The Bertz CT molecular complexity index is 543. The molecule has 1 aromatic carbocycles. The van der Waals surface area contributed by atoms with Crippen LogP contribution in [0.2, 0.25) is 0 Å². The van der Waals surface area contributed by atoms with E-state index in [9.17, 15) is 4.79 Å². The van der Waals surface area contributed by atoms with E-state index in [0.717, 1.165) is 5.56 Å². The van der Waals surface area contributed by atoms with Gasteiger partial charge in [-0.3, -0.25) is 4.98 Å². The van der Waals surface area contributed by atoms with Crippen LogP contribution in [-0.2, 0) is 11.2 Å². The average molecular weight is 259 g/mol. The topological polar surface area (TPSA) is 98.3 Å². The molecular weight excluding hydrogens is 246 g/mol. The number of nitrogens with two attached hydrogens (primary N) is 1. The molecule has 19 heavy (non-hydrogen) atoms. The lowest BCUT2D eigenvalue weighted by Crippen LogP contribution is -2.36. The molecule has 1 atom stereocenters. The summed E-state index contributed by atoms with van der Waals surface area (Å²) in [4.78, 5) is 19.3. The van der Waals surface area contributed by atoms with Crippen molar-refractivity contribution in [3.8, 4) is 11.6 Å². The first-order chi connectivity index (χ1) is 9.15. The highest BCUT2D eigenvalue weighted by Crippen LogP contribution is 2.11. The average Bonchev–Trinajstić information content (AvgIpc) is 2.42. The van der Waals surface area contributed by atoms with Crippen molar-refractivity contribution in [3.05, 3.63) is 48.4 Å². The van der Waals surface area contributed by atoms with Gasteiger partial charge in [0.15, 0.2) is 0 Å². The molecule has 0 bridgehead atoms. The van der Waals surface area contributed by atoms with Gasteiger partial charge >= 0.3 is 5.97 Å². The van der Waals surface area contributed by atoms with Gasteiger partial charge in [0.25, 0.3) is 0 Å². The van der Waals surface area contributed by atoms with E-state index in [0.29, 0.717) is 6.42 Å². The summed E-state index contributed by atoms with van der Waals surface area (Å²) < 4.78 is 4.99. The minimum absolute atomic E-state index is 0.119. The molecule has 0 aliphatic rings. The van der Waals surface area contributed by atoms with Crippen molar-refractivity contribution in [2.75, 3.05) is 0 Å². The molecule has 2 aromatic rings. The van der Waals surface area contributed by atoms with E-state index in [1.807, 2.05) is 0 Å². The third kappa shape index (κ3) is 3.75. The summed E-state index contributed by atoms with van der Waals surface area (Å²) in [6.45, 7) is 0. The summed E-state index contributed by atoms with van der Waals surface area (Å²) in [6, 6.07) is 5.67. The number of ether oxygens (including phenoxy) is 1. The SMILES string of the molecule is N[C@@H](Cc1ccc(O)cc1)C(=O)Oc1cnccn1. The molecule has 0 saturated heterocycles. The Morgan fingerprint density at radius 2 is 2.05 bits per heavy atom. The largest absolute Gasteiger partial charge is 0.508 e. The zero-order valence-electron chi connectivity index (χ0n) is 10.1. The smallest absolute Gasteiger partial charge is 0.330 e. The summed E-state index contributed by atoms with van der Waals surface area (Å²) in [5.74, 6) is -0.290. The fourth-order valence-corrected chi connectivity index (χ4v) is 1.49. The maximum Gasteiger partial charge on any atom is 0.330 e. The van der Waals surface area contributed by atoms with E-state index in [1.54, 1.807) is 12.1 Å². The molecule has 6 nitrogen and oxygen atoms in total. The number of phenols is 1. The van der Waals surface area contributed by atoms with Crippen molar-refractivity contribution >= 4 is 5.97 Å². The number of esters is 1. The molecule has 0 unspecified atom stereocenters. The van der Waals surface area contributed by atoms with Gasteiger partial charge in [-0.15, -0.1) is 0 Å². The van der Waals surface area contributed by atoms with Crippen LogP contribution in [0.3, 0.4) is 0 Å². The van der Waals surface area contributed by atoms with E-state index < -0.39 is 12.0 Å². The second-order valence-electron chi connectivity index (χ2n) is 3.94. The minimum atomic E-state index is -0.799. The number of hydrogen-bond donors (Lipinski definition) is 2. The molecule has 3 N–H and O–H groups in total. The number of aromatic hydroxyl groups is 1. The van der Waals surface area contributed by atoms with Crippen molar-refractivity contribution in [3.63, 3.8) is 0 Å². The van der Waals surface area contributed by atoms with Crippen LogP contribution in [0.4, 0.5) is 0 Å². The summed E-state index contributed by atoms with van der Waals surface area (Å²) in [7, 11) is 0. The lowest BCUT2D eigenvalue weighted by molar-refractivity contribution is -0.136. The number of phenolic OH excluding ortho intramolecular Hbond substituents is 1. The highest BCUT2D eigenvalue weighted by atomic mass is 16.5. The van der Waals surface area contributed by atoms with Gasteiger partial charge < -0.3 is 15.6 Å². The van der Waals surface area contributed by atoms with Gasteiger partial charge in [-0.05, 0) is 24.1 Å². The van der Waals surface area contributed by atoms with Crippen molar-refractivity contribution in [2.24, 2.45) is 5.73 Å². The van der Waals surface area contributed by atoms with Crippen LogP contribution >= 0.6 is 0 Å². The molecule has 1 heterocycles. The Balaban J connectivity index is 1.94. The number of aromatic nitrogens is 2. The summed E-state index contributed by atoms with van der Waals surface area (Å²) in [5, 5.41) is 9.16. The number of hydrogen-bond acceptors (Lipinski definition) is 6. The summed E-state index contributed by atoms with van der Waals surface area (Å²) >= 11 is 0. The molecule has 0 radical (unpaired) electrons. The molecule has 98 valence electrons. The molecule has 0 fully saturated rings. The zero-order valence-corrected chi connectivity index (χ0v) is 10.1. The molecule has 0 saturated carbocycles. The number of carbonyl (C=O) groups excluding carboxylic acids is 1. The number of nitrogens with zero attached hydrogens (tertiary/aromatic N) is 2. The number of benzene rings is 1. The van der Waals surface area contributed by atoms with Crippen LogP contribution in [0.1, 0.15) is 5.56 Å². The summed E-state index contributed by atoms with van der Waals surface area (Å²) in [6.07, 6.45) is 4.56. The minimum Gasteiger partial charge on any atom is -0.508 e. The standard InChI is InChI=1S/C13H13N3O3/c14-11(7-9-1-3-10(17)4-2-9)13(18)19-12-8-15-5-6-16-12/h1-6,8,11,17H,7,14H2/t11-/m0/s1. The van der Waals surface area contributed by atoms with E-state index in [1.165, 1.54) is 30.7 Å². The molecule has 1 aromatic heterocycles. The van der Waals surface area contributed by atoms with Crippen LogP contribution in [0.5, 0.6) is 11.6 Å². The van der Waals surface area contributed by atoms with Crippen LogP contribution in [-0.4, -0.2) is 27.1 Å². The molecule has 0 aliphatic heterocycles. The van der Waals surface area contributed by atoms with Gasteiger partial charge in [0.05, 0.1) is 6.20 Å². The predicted octanol–water partition coefficient (Wildman–Crippen LogP) is 0.658. The van der Waals surface area contributed by atoms with E-state index in [2.05, 4.69) is 9.97 Å². The lowest BCUT2D eigenvalue weighted by atomic mass is 10.1. The molecule has 6 heteroatoms. The van der Waals surface area contributed by atoms with Crippen LogP contribution in [0.25, 0.3) is 0 Å².